The van der Waals surface area contributed by atoms with Crippen LogP contribution in [-0.2, 0) is 19.1 Å². The lowest BCUT2D eigenvalue weighted by molar-refractivity contribution is -0.135. The third kappa shape index (κ3) is 4.49. The van der Waals surface area contributed by atoms with Gasteiger partial charge in [0, 0.05) is 30.5 Å². The van der Waals surface area contributed by atoms with Gasteiger partial charge in [0.25, 0.3) is 11.8 Å². The molecule has 8 nitrogen and oxygen atoms in total. The number of carbonyl (C=O) groups excluding carboxylic acids is 3. The second-order valence-corrected chi connectivity index (χ2v) is 8.52. The van der Waals surface area contributed by atoms with Crippen molar-refractivity contribution in [3.8, 4) is 0 Å². The number of nitrogens with one attached hydrogen (secondary N) is 1. The first-order chi connectivity index (χ1) is 14.5. The zero-order chi connectivity index (χ0) is 21.1. The van der Waals surface area contributed by atoms with Gasteiger partial charge < -0.3 is 20.7 Å². The van der Waals surface area contributed by atoms with Crippen LogP contribution in [0.1, 0.15) is 38.5 Å². The average Bonchev–Trinajstić information content (AvgIpc) is 2.64. The van der Waals surface area contributed by atoms with Crippen molar-refractivity contribution in [2.75, 3.05) is 36.5 Å². The van der Waals surface area contributed by atoms with Crippen LogP contribution in [0.4, 0.5) is 11.4 Å². The fourth-order valence-electron chi connectivity index (χ4n) is 4.33. The monoisotopic (exact) mass is 414 g/mol. The standard InChI is InChI=1S/C22H30N4O4/c23-21(28)20(26(17-5-2-6-17)13-15-3-1-4-15)22(29)24-16-7-9-18(10-8-16)25-11-12-30-14-19(25)27/h7-10,15,17,20H,1-6,11-14H2,(H2,23,28)(H,24,29)/t20-/m0/s1. The largest absolute Gasteiger partial charge is 0.370 e. The number of hydrogen-bond acceptors (Lipinski definition) is 5. The van der Waals surface area contributed by atoms with Crippen molar-refractivity contribution < 1.29 is 19.1 Å². The Morgan fingerprint density at radius 1 is 1.17 bits per heavy atom. The molecule has 1 heterocycles. The Bertz CT molecular complexity index is 789. The predicted molar refractivity (Wildman–Crippen MR) is 113 cm³/mol. The summed E-state index contributed by atoms with van der Waals surface area (Å²) >= 11 is 0. The van der Waals surface area contributed by atoms with E-state index in [0.717, 1.165) is 44.3 Å². The van der Waals surface area contributed by atoms with E-state index < -0.39 is 11.9 Å². The van der Waals surface area contributed by atoms with Gasteiger partial charge in [-0.05, 0) is 55.9 Å². The fraction of sp³-hybridized carbons (Fsp3) is 0.591. The molecule has 0 aromatic heterocycles. The van der Waals surface area contributed by atoms with Crippen LogP contribution in [0.25, 0.3) is 0 Å². The van der Waals surface area contributed by atoms with Crippen LogP contribution < -0.4 is 16.0 Å². The van der Waals surface area contributed by atoms with Gasteiger partial charge in [-0.3, -0.25) is 19.3 Å². The van der Waals surface area contributed by atoms with Gasteiger partial charge in [-0.25, -0.2) is 0 Å². The quantitative estimate of drug-likeness (QED) is 0.627. The van der Waals surface area contributed by atoms with E-state index in [2.05, 4.69) is 5.32 Å². The second kappa shape index (κ2) is 9.14. The first kappa shape index (κ1) is 20.8. The number of rotatable bonds is 8. The van der Waals surface area contributed by atoms with E-state index in [-0.39, 0.29) is 24.5 Å². The first-order valence-corrected chi connectivity index (χ1v) is 10.9. The zero-order valence-electron chi connectivity index (χ0n) is 17.2. The summed E-state index contributed by atoms with van der Waals surface area (Å²) in [6.45, 7) is 1.84. The van der Waals surface area contributed by atoms with Gasteiger partial charge in [0.05, 0.1) is 6.61 Å². The molecule has 1 aromatic rings. The van der Waals surface area contributed by atoms with Crippen LogP contribution in [-0.4, -0.2) is 61.0 Å². The second-order valence-electron chi connectivity index (χ2n) is 8.52. The van der Waals surface area contributed by atoms with Crippen molar-refractivity contribution in [3.05, 3.63) is 24.3 Å². The van der Waals surface area contributed by atoms with Gasteiger partial charge >= 0.3 is 0 Å². The molecule has 0 spiro atoms. The molecule has 1 aromatic carbocycles. The van der Waals surface area contributed by atoms with E-state index in [0.29, 0.717) is 24.8 Å². The number of hydrogen-bond donors (Lipinski definition) is 2. The van der Waals surface area contributed by atoms with E-state index in [1.807, 2.05) is 4.90 Å². The third-order valence-electron chi connectivity index (χ3n) is 6.52. The molecule has 3 amide bonds. The molecular weight excluding hydrogens is 384 g/mol. The lowest BCUT2D eigenvalue weighted by Crippen LogP contribution is -2.58. The van der Waals surface area contributed by atoms with Gasteiger partial charge in [0.2, 0.25) is 5.91 Å². The number of amides is 3. The number of nitrogens with zero attached hydrogens (tertiary/aromatic N) is 2. The number of benzene rings is 1. The molecule has 1 atom stereocenters. The highest BCUT2D eigenvalue weighted by Gasteiger charge is 2.39. The Balaban J connectivity index is 1.44. The molecule has 3 aliphatic rings. The maximum Gasteiger partial charge on any atom is 0.253 e. The molecule has 3 fully saturated rings. The molecular formula is C22H30N4O4. The number of carbonyl (C=O) groups is 3. The smallest absolute Gasteiger partial charge is 0.253 e. The molecule has 0 bridgehead atoms. The van der Waals surface area contributed by atoms with Crippen LogP contribution in [0.5, 0.6) is 0 Å². The van der Waals surface area contributed by atoms with Crippen LogP contribution in [0.2, 0.25) is 0 Å². The van der Waals surface area contributed by atoms with Crippen molar-refractivity contribution in [1.29, 1.82) is 0 Å². The Morgan fingerprint density at radius 2 is 1.87 bits per heavy atom. The molecule has 4 rings (SSSR count). The number of nitrogens with two attached hydrogens (primary N) is 1. The first-order valence-electron chi connectivity index (χ1n) is 10.9. The summed E-state index contributed by atoms with van der Waals surface area (Å²) in [6, 6.07) is 6.35. The molecule has 1 aliphatic heterocycles. The molecule has 30 heavy (non-hydrogen) atoms. The summed E-state index contributed by atoms with van der Waals surface area (Å²) in [6.07, 6.45) is 6.66. The summed E-state index contributed by atoms with van der Waals surface area (Å²) in [5.41, 5.74) is 7.02. The van der Waals surface area contributed by atoms with E-state index >= 15 is 0 Å². The van der Waals surface area contributed by atoms with Crippen LogP contribution in [0.3, 0.4) is 0 Å². The molecule has 0 radical (unpaired) electrons. The minimum absolute atomic E-state index is 0.0801. The van der Waals surface area contributed by atoms with Gasteiger partial charge in [-0.1, -0.05) is 12.8 Å². The lowest BCUT2D eigenvalue weighted by atomic mass is 9.82. The van der Waals surface area contributed by atoms with Gasteiger partial charge in [0.1, 0.15) is 6.61 Å². The number of ether oxygens (including phenoxy) is 1. The predicted octanol–water partition coefficient (Wildman–Crippen LogP) is 1.50. The van der Waals surface area contributed by atoms with Crippen molar-refractivity contribution in [2.24, 2.45) is 11.7 Å². The highest BCUT2D eigenvalue weighted by molar-refractivity contribution is 6.09. The lowest BCUT2D eigenvalue weighted by Gasteiger charge is -2.43. The van der Waals surface area contributed by atoms with Crippen molar-refractivity contribution in [3.63, 3.8) is 0 Å². The third-order valence-corrected chi connectivity index (χ3v) is 6.52. The SMILES string of the molecule is NC(=O)[C@@H](C(=O)Nc1ccc(N2CCOCC2=O)cc1)N(CC1CCC1)C1CCC1. The minimum Gasteiger partial charge on any atom is -0.370 e. The van der Waals surface area contributed by atoms with Gasteiger partial charge in [0.15, 0.2) is 6.04 Å². The molecule has 1 saturated heterocycles. The van der Waals surface area contributed by atoms with Crippen molar-refractivity contribution >= 4 is 29.1 Å². The topological polar surface area (TPSA) is 105 Å². The van der Waals surface area contributed by atoms with E-state index in [9.17, 15) is 14.4 Å². The highest BCUT2D eigenvalue weighted by atomic mass is 16.5. The number of morpholine rings is 1. The van der Waals surface area contributed by atoms with Gasteiger partial charge in [-0.2, -0.15) is 0 Å². The van der Waals surface area contributed by atoms with E-state index in [4.69, 9.17) is 10.5 Å². The maximum absolute atomic E-state index is 13.0. The van der Waals surface area contributed by atoms with Gasteiger partial charge in [-0.15, -0.1) is 0 Å². The number of primary amides is 1. The maximum atomic E-state index is 13.0. The minimum atomic E-state index is -0.962. The van der Waals surface area contributed by atoms with Crippen molar-refractivity contribution in [1.82, 2.24) is 4.90 Å². The van der Waals surface area contributed by atoms with E-state index in [1.54, 1.807) is 29.2 Å². The summed E-state index contributed by atoms with van der Waals surface area (Å²) < 4.78 is 5.16. The average molecular weight is 415 g/mol. The van der Waals surface area contributed by atoms with Crippen LogP contribution >= 0.6 is 0 Å². The Morgan fingerprint density at radius 3 is 2.40 bits per heavy atom. The molecule has 0 unspecified atom stereocenters. The Hall–Kier alpha value is -2.45. The highest BCUT2D eigenvalue weighted by Crippen LogP contribution is 2.33. The Kier molecular flexibility index (Phi) is 6.34. The molecule has 2 saturated carbocycles. The zero-order valence-corrected chi connectivity index (χ0v) is 17.2. The normalized spacial score (nSPS) is 21.1. The summed E-state index contributed by atoms with van der Waals surface area (Å²) in [5, 5.41) is 2.85. The molecule has 2 aliphatic carbocycles. The molecule has 8 heteroatoms. The Labute approximate surface area is 176 Å². The van der Waals surface area contributed by atoms with E-state index in [1.165, 1.54) is 6.42 Å². The molecule has 162 valence electrons. The van der Waals surface area contributed by atoms with Crippen molar-refractivity contribution in [2.45, 2.75) is 50.6 Å². The van der Waals surface area contributed by atoms with Crippen LogP contribution in [0.15, 0.2) is 24.3 Å². The summed E-state index contributed by atoms with van der Waals surface area (Å²) in [7, 11) is 0. The summed E-state index contributed by atoms with van der Waals surface area (Å²) in [4.78, 5) is 41.0. The fourth-order valence-corrected chi connectivity index (χ4v) is 4.33. The van der Waals surface area contributed by atoms with Crippen LogP contribution in [0, 0.1) is 5.92 Å². The molecule has 3 N–H and O–H groups in total. The summed E-state index contributed by atoms with van der Waals surface area (Å²) in [5.74, 6) is -0.525. The number of anilines is 2.